The van der Waals surface area contributed by atoms with Crippen molar-refractivity contribution in [3.8, 4) is 0 Å². The van der Waals surface area contributed by atoms with Crippen molar-refractivity contribution in [2.75, 3.05) is 0 Å². The zero-order valence-corrected chi connectivity index (χ0v) is 16.0. The highest BCUT2D eigenvalue weighted by atomic mass is 35.5. The number of carbonyl (C=O) groups is 2. The highest BCUT2D eigenvalue weighted by Gasteiger charge is 2.22. The Labute approximate surface area is 165 Å². The van der Waals surface area contributed by atoms with Crippen LogP contribution in [0.5, 0.6) is 0 Å². The zero-order chi connectivity index (χ0) is 20.1. The lowest BCUT2D eigenvalue weighted by molar-refractivity contribution is -0.384. The molecule has 0 aliphatic rings. The highest BCUT2D eigenvalue weighted by molar-refractivity contribution is 6.35. The summed E-state index contributed by atoms with van der Waals surface area (Å²) in [7, 11) is 0. The van der Waals surface area contributed by atoms with Crippen molar-refractivity contribution in [2.45, 2.75) is 26.0 Å². The molecule has 2 aromatic carbocycles. The molecule has 27 heavy (non-hydrogen) atoms. The Morgan fingerprint density at radius 2 is 1.74 bits per heavy atom. The minimum absolute atomic E-state index is 0.106. The number of non-ortho nitro benzene ring substituents is 1. The van der Waals surface area contributed by atoms with E-state index in [-0.39, 0.29) is 11.3 Å². The summed E-state index contributed by atoms with van der Waals surface area (Å²) < 4.78 is 5.11. The lowest BCUT2D eigenvalue weighted by Crippen LogP contribution is -2.37. The lowest BCUT2D eigenvalue weighted by Gasteiger charge is -2.19. The van der Waals surface area contributed by atoms with Crippen molar-refractivity contribution in [3.05, 3.63) is 73.8 Å². The topological polar surface area (TPSA) is 98.5 Å². The van der Waals surface area contributed by atoms with Gasteiger partial charge >= 0.3 is 5.97 Å². The number of benzene rings is 2. The van der Waals surface area contributed by atoms with Gasteiger partial charge in [0.2, 0.25) is 0 Å². The molecule has 0 aromatic heterocycles. The molecule has 9 heteroatoms. The Kier molecular flexibility index (Phi) is 6.76. The van der Waals surface area contributed by atoms with Crippen LogP contribution in [0.25, 0.3) is 0 Å². The van der Waals surface area contributed by atoms with Gasteiger partial charge in [-0.05, 0) is 43.7 Å². The summed E-state index contributed by atoms with van der Waals surface area (Å²) in [6, 6.07) is 9.40. The molecule has 0 aliphatic carbocycles. The molecule has 2 aromatic rings. The maximum Gasteiger partial charge on any atom is 0.338 e. The molecular weight excluding hydrogens is 395 g/mol. The van der Waals surface area contributed by atoms with Gasteiger partial charge in [0.15, 0.2) is 6.10 Å². The summed E-state index contributed by atoms with van der Waals surface area (Å²) in [6.45, 7) is 3.16. The van der Waals surface area contributed by atoms with E-state index in [9.17, 15) is 19.7 Å². The number of nitrogens with one attached hydrogen (secondary N) is 1. The Hall–Kier alpha value is -2.64. The number of amides is 1. The predicted octanol–water partition coefficient (Wildman–Crippen LogP) is 4.32. The van der Waals surface area contributed by atoms with Crippen LogP contribution in [0, 0.1) is 10.1 Å². The highest BCUT2D eigenvalue weighted by Crippen LogP contribution is 2.26. The van der Waals surface area contributed by atoms with Crippen molar-refractivity contribution in [3.63, 3.8) is 0 Å². The summed E-state index contributed by atoms with van der Waals surface area (Å²) in [4.78, 5) is 34.4. The number of nitrogens with zero attached hydrogens (tertiary/aromatic N) is 1. The van der Waals surface area contributed by atoms with Crippen molar-refractivity contribution in [2.24, 2.45) is 0 Å². The van der Waals surface area contributed by atoms with Crippen molar-refractivity contribution in [1.82, 2.24) is 5.32 Å². The number of nitro benzene ring substituents is 1. The fourth-order valence-electron chi connectivity index (χ4n) is 2.26. The molecule has 1 amide bonds. The average Bonchev–Trinajstić information content (AvgIpc) is 2.61. The SMILES string of the molecule is C[C@H](NC(=O)[C@@H](C)OC(=O)c1ccc([N+](=O)[O-])cc1)c1ccc(Cl)cc1Cl. The maximum atomic E-state index is 12.3. The van der Waals surface area contributed by atoms with Gasteiger partial charge in [0.25, 0.3) is 11.6 Å². The molecule has 0 spiro atoms. The molecule has 0 aliphatic heterocycles. The number of nitro groups is 1. The zero-order valence-electron chi connectivity index (χ0n) is 14.4. The molecule has 0 fully saturated rings. The number of hydrogen-bond donors (Lipinski definition) is 1. The molecule has 2 rings (SSSR count). The second kappa shape index (κ2) is 8.83. The third kappa shape index (κ3) is 5.42. The van der Waals surface area contributed by atoms with Crippen LogP contribution in [0.4, 0.5) is 5.69 Å². The van der Waals surface area contributed by atoms with Gasteiger partial charge in [0.05, 0.1) is 16.5 Å². The molecule has 0 radical (unpaired) electrons. The van der Waals surface area contributed by atoms with E-state index in [0.29, 0.717) is 15.6 Å². The maximum absolute atomic E-state index is 12.3. The summed E-state index contributed by atoms with van der Waals surface area (Å²) in [6.07, 6.45) is -1.07. The van der Waals surface area contributed by atoms with Gasteiger partial charge in [-0.25, -0.2) is 4.79 Å². The van der Waals surface area contributed by atoms with Crippen molar-refractivity contribution >= 4 is 40.8 Å². The Balaban J connectivity index is 1.98. The second-order valence-electron chi connectivity index (χ2n) is 5.75. The Morgan fingerprint density at radius 1 is 1.11 bits per heavy atom. The first kappa shape index (κ1) is 20.7. The van der Waals surface area contributed by atoms with Gasteiger partial charge in [0, 0.05) is 22.2 Å². The Morgan fingerprint density at radius 3 is 2.30 bits per heavy atom. The normalized spacial score (nSPS) is 12.7. The smallest absolute Gasteiger partial charge is 0.338 e. The van der Waals surface area contributed by atoms with Gasteiger partial charge in [0.1, 0.15) is 0 Å². The largest absolute Gasteiger partial charge is 0.449 e. The lowest BCUT2D eigenvalue weighted by atomic mass is 10.1. The number of carbonyl (C=O) groups excluding carboxylic acids is 2. The van der Waals surface area contributed by atoms with Gasteiger partial charge in [-0.15, -0.1) is 0 Å². The van der Waals surface area contributed by atoms with Crippen LogP contribution in [-0.2, 0) is 9.53 Å². The quantitative estimate of drug-likeness (QED) is 0.434. The third-order valence-corrected chi connectivity index (χ3v) is 4.32. The molecule has 142 valence electrons. The van der Waals surface area contributed by atoms with E-state index in [2.05, 4.69) is 5.32 Å². The summed E-state index contributed by atoms with van der Waals surface area (Å²) in [5.41, 5.74) is 0.628. The van der Waals surface area contributed by atoms with Crippen LogP contribution in [0.1, 0.15) is 35.8 Å². The van der Waals surface area contributed by atoms with E-state index in [1.807, 2.05) is 0 Å². The van der Waals surface area contributed by atoms with Crippen LogP contribution in [-0.4, -0.2) is 22.9 Å². The number of esters is 1. The van der Waals surface area contributed by atoms with Gasteiger partial charge in [-0.3, -0.25) is 14.9 Å². The first-order valence-corrected chi connectivity index (χ1v) is 8.65. The van der Waals surface area contributed by atoms with Crippen LogP contribution < -0.4 is 5.32 Å². The summed E-state index contributed by atoms with van der Waals surface area (Å²) in [5, 5.41) is 14.2. The molecule has 1 N–H and O–H groups in total. The van der Waals surface area contributed by atoms with Crippen LogP contribution in [0.3, 0.4) is 0 Å². The predicted molar refractivity (Wildman–Crippen MR) is 101 cm³/mol. The van der Waals surface area contributed by atoms with Gasteiger partial charge in [-0.2, -0.15) is 0 Å². The molecule has 0 bridgehead atoms. The first-order valence-electron chi connectivity index (χ1n) is 7.89. The van der Waals surface area contributed by atoms with Gasteiger partial charge < -0.3 is 10.1 Å². The molecule has 2 atom stereocenters. The molecule has 0 unspecified atom stereocenters. The minimum Gasteiger partial charge on any atom is -0.449 e. The van der Waals surface area contributed by atoms with Crippen LogP contribution >= 0.6 is 23.2 Å². The summed E-state index contributed by atoms with van der Waals surface area (Å²) in [5.74, 6) is -1.27. The molecule has 0 saturated carbocycles. The van der Waals surface area contributed by atoms with E-state index in [1.165, 1.54) is 31.2 Å². The Bertz CT molecular complexity index is 871. The monoisotopic (exact) mass is 410 g/mol. The van der Waals surface area contributed by atoms with E-state index in [0.717, 1.165) is 0 Å². The van der Waals surface area contributed by atoms with E-state index in [4.69, 9.17) is 27.9 Å². The van der Waals surface area contributed by atoms with Crippen LogP contribution in [0.2, 0.25) is 10.0 Å². The molecule has 0 heterocycles. The third-order valence-electron chi connectivity index (χ3n) is 3.75. The first-order chi connectivity index (χ1) is 12.7. The molecular formula is C18H16Cl2N2O5. The number of halogens is 2. The van der Waals surface area contributed by atoms with E-state index in [1.54, 1.807) is 25.1 Å². The number of rotatable bonds is 6. The fraction of sp³-hybridized carbons (Fsp3) is 0.222. The minimum atomic E-state index is -1.07. The number of hydrogen-bond acceptors (Lipinski definition) is 5. The average molecular weight is 411 g/mol. The standard InChI is InChI=1S/C18H16Cl2N2O5/c1-10(15-8-5-13(19)9-16(15)20)21-17(23)11(2)27-18(24)12-3-6-14(7-4-12)22(25)26/h3-11H,1-2H3,(H,21,23)/t10-,11+/m0/s1. The van der Waals surface area contributed by atoms with Gasteiger partial charge in [-0.1, -0.05) is 29.3 Å². The fourth-order valence-corrected chi connectivity index (χ4v) is 2.83. The van der Waals surface area contributed by atoms with Crippen LogP contribution in [0.15, 0.2) is 42.5 Å². The summed E-state index contributed by atoms with van der Waals surface area (Å²) >= 11 is 12.0. The second-order valence-corrected chi connectivity index (χ2v) is 6.59. The molecule has 0 saturated heterocycles. The van der Waals surface area contributed by atoms with E-state index < -0.39 is 28.9 Å². The number of ether oxygens (including phenoxy) is 1. The van der Waals surface area contributed by atoms with E-state index >= 15 is 0 Å². The van der Waals surface area contributed by atoms with Crippen molar-refractivity contribution < 1.29 is 19.2 Å². The molecule has 7 nitrogen and oxygen atoms in total. The van der Waals surface area contributed by atoms with Crippen molar-refractivity contribution in [1.29, 1.82) is 0 Å².